The van der Waals surface area contributed by atoms with Crippen molar-refractivity contribution >= 4 is 46.8 Å². The summed E-state index contributed by atoms with van der Waals surface area (Å²) in [7, 11) is 0. The molecule has 0 saturated heterocycles. The van der Waals surface area contributed by atoms with Gasteiger partial charge in [-0.2, -0.15) is 0 Å². The van der Waals surface area contributed by atoms with Gasteiger partial charge in [-0.3, -0.25) is 19.2 Å². The summed E-state index contributed by atoms with van der Waals surface area (Å²) in [4.78, 5) is 85.0. The lowest BCUT2D eigenvalue weighted by Crippen LogP contribution is -2.30. The lowest BCUT2D eigenvalue weighted by molar-refractivity contribution is -0.153. The number of hydrogen-bond donors (Lipinski definition) is 0. The number of esters is 6. The van der Waals surface area contributed by atoms with Crippen LogP contribution in [-0.4, -0.2) is 84.4 Å². The van der Waals surface area contributed by atoms with E-state index in [1.807, 2.05) is 78.9 Å². The Morgan fingerprint density at radius 3 is 1.35 bits per heavy atom. The summed E-state index contributed by atoms with van der Waals surface area (Å²) >= 11 is 0. The predicted molar refractivity (Wildman–Crippen MR) is 300 cm³/mol. The topological polar surface area (TPSA) is 202 Å². The van der Waals surface area contributed by atoms with Gasteiger partial charge in [0.05, 0.1) is 50.2 Å². The summed E-state index contributed by atoms with van der Waals surface area (Å²) in [6, 6.07) is 28.0. The van der Waals surface area contributed by atoms with Gasteiger partial charge < -0.3 is 37.9 Å². The number of fused-ring (bicyclic) bond motifs is 1. The molecule has 0 N–H and O–H groups in total. The number of hydrogen-bond acceptors (Lipinski definition) is 16. The highest BCUT2D eigenvalue weighted by Crippen LogP contribution is 2.36. The van der Waals surface area contributed by atoms with Gasteiger partial charge in [-0.25, -0.2) is 19.6 Å². The lowest BCUT2D eigenvalue weighted by Gasteiger charge is -2.27. The van der Waals surface area contributed by atoms with E-state index in [1.165, 1.54) is 0 Å². The number of ether oxygens (including phenoxy) is 8. The number of carbonyl (C=O) groups excluding carboxylic acids is 6. The SMILES string of the molecule is C=CC(=O)OCCCCCCOc1ccc(CCC(=O)OC2CCC(C(=O)Oc3ccc(OC(=O)C4CCC(OC(=O)CCc5ccc(OCCCCCCOC(=O)C=C)cc5)CC4)c4nc(-c5ccccc5)cnc34)CC2)cc1. The third kappa shape index (κ3) is 19.8. The van der Waals surface area contributed by atoms with Crippen LogP contribution in [0.2, 0.25) is 0 Å². The largest absolute Gasteiger partial charge is 0.494 e. The smallest absolute Gasteiger partial charge is 0.330 e. The summed E-state index contributed by atoms with van der Waals surface area (Å²) in [5, 5.41) is 0. The third-order valence-corrected chi connectivity index (χ3v) is 14.2. The van der Waals surface area contributed by atoms with Gasteiger partial charge in [0.15, 0.2) is 11.5 Å². The highest BCUT2D eigenvalue weighted by molar-refractivity contribution is 5.92. The van der Waals surface area contributed by atoms with Crippen molar-refractivity contribution < 1.29 is 66.7 Å². The van der Waals surface area contributed by atoms with Gasteiger partial charge in [0, 0.05) is 30.6 Å². The molecule has 0 aliphatic heterocycles. The van der Waals surface area contributed by atoms with E-state index >= 15 is 0 Å². The molecule has 80 heavy (non-hydrogen) atoms. The third-order valence-electron chi connectivity index (χ3n) is 14.2. The van der Waals surface area contributed by atoms with Crippen LogP contribution >= 0.6 is 0 Å². The van der Waals surface area contributed by atoms with Crippen LogP contribution < -0.4 is 18.9 Å². The molecule has 2 saturated carbocycles. The second-order valence-electron chi connectivity index (χ2n) is 20.2. The number of nitrogens with zero attached hydrogens (tertiary/aromatic N) is 2. The fraction of sp³-hybridized carbons (Fsp3) is 0.438. The van der Waals surface area contributed by atoms with E-state index in [0.717, 1.165) is 91.7 Å². The molecule has 2 aliphatic rings. The molecule has 0 atom stereocenters. The number of carbonyl (C=O) groups is 6. The van der Waals surface area contributed by atoms with E-state index in [0.29, 0.717) is 96.3 Å². The van der Waals surface area contributed by atoms with E-state index in [2.05, 4.69) is 18.1 Å². The van der Waals surface area contributed by atoms with Gasteiger partial charge in [0.2, 0.25) is 0 Å². The number of aromatic nitrogens is 2. The van der Waals surface area contributed by atoms with Crippen molar-refractivity contribution in [2.24, 2.45) is 11.8 Å². The molecular weight excluding hydrogens is 1020 g/mol. The van der Waals surface area contributed by atoms with Crippen LogP contribution in [-0.2, 0) is 60.6 Å². The Morgan fingerprint density at radius 2 is 0.912 bits per heavy atom. The molecule has 2 fully saturated rings. The monoisotopic (exact) mass is 1090 g/mol. The van der Waals surface area contributed by atoms with Crippen LogP contribution in [0.1, 0.15) is 127 Å². The zero-order valence-corrected chi connectivity index (χ0v) is 45.7. The molecule has 0 bridgehead atoms. The van der Waals surface area contributed by atoms with Crippen LogP contribution in [0.5, 0.6) is 23.0 Å². The predicted octanol–water partition coefficient (Wildman–Crippen LogP) is 11.9. The van der Waals surface area contributed by atoms with Crippen LogP contribution in [0.25, 0.3) is 22.3 Å². The zero-order valence-electron chi connectivity index (χ0n) is 45.7. The molecule has 1 aromatic heterocycles. The Bertz CT molecular complexity index is 2820. The number of aryl methyl sites for hydroxylation is 2. The Labute approximate surface area is 468 Å². The van der Waals surface area contributed by atoms with Crippen molar-refractivity contribution in [3.05, 3.63) is 134 Å². The van der Waals surface area contributed by atoms with Crippen molar-refractivity contribution in [2.75, 3.05) is 26.4 Å². The molecule has 0 amide bonds. The number of benzene rings is 4. The minimum Gasteiger partial charge on any atom is -0.494 e. The maximum absolute atomic E-state index is 13.8. The molecule has 0 radical (unpaired) electrons. The maximum Gasteiger partial charge on any atom is 0.330 e. The average molecular weight is 1100 g/mol. The minimum atomic E-state index is -0.427. The normalized spacial score (nSPS) is 16.8. The second kappa shape index (κ2) is 32.3. The molecule has 7 rings (SSSR count). The minimum absolute atomic E-state index is 0.190. The van der Waals surface area contributed by atoms with Gasteiger partial charge >= 0.3 is 35.8 Å². The highest BCUT2D eigenvalue weighted by Gasteiger charge is 2.32. The molecular formula is C64H74N2O14. The second-order valence-corrected chi connectivity index (χ2v) is 20.2. The van der Waals surface area contributed by atoms with Crippen LogP contribution in [0, 0.1) is 11.8 Å². The van der Waals surface area contributed by atoms with E-state index in [-0.39, 0.29) is 59.5 Å². The molecule has 0 spiro atoms. The van der Waals surface area contributed by atoms with Crippen molar-refractivity contribution in [3.8, 4) is 34.3 Å². The van der Waals surface area contributed by atoms with E-state index in [4.69, 9.17) is 42.9 Å². The molecule has 424 valence electrons. The Kier molecular flexibility index (Phi) is 24.1. The fourth-order valence-electron chi connectivity index (χ4n) is 9.63. The Hall–Kier alpha value is -7.88. The molecule has 16 nitrogen and oxygen atoms in total. The molecule has 4 aromatic carbocycles. The Morgan fingerprint density at radius 1 is 0.487 bits per heavy atom. The number of unbranched alkanes of at least 4 members (excludes halogenated alkanes) is 6. The molecule has 5 aromatic rings. The first-order chi connectivity index (χ1) is 39.0. The molecule has 2 aliphatic carbocycles. The highest BCUT2D eigenvalue weighted by atomic mass is 16.6. The summed E-state index contributed by atoms with van der Waals surface area (Å²) in [5.41, 5.74) is 3.89. The fourth-order valence-corrected chi connectivity index (χ4v) is 9.63. The van der Waals surface area contributed by atoms with Gasteiger partial charge in [-0.15, -0.1) is 0 Å². The van der Waals surface area contributed by atoms with Crippen LogP contribution in [0.4, 0.5) is 0 Å². The van der Waals surface area contributed by atoms with E-state index in [1.54, 1.807) is 18.3 Å². The molecule has 16 heteroatoms. The van der Waals surface area contributed by atoms with E-state index < -0.39 is 35.7 Å². The lowest BCUT2D eigenvalue weighted by atomic mass is 9.87. The first kappa shape index (κ1) is 59.8. The van der Waals surface area contributed by atoms with Gasteiger partial charge in [-0.05, 0) is 163 Å². The quantitative estimate of drug-likeness (QED) is 0.0133. The first-order valence-electron chi connectivity index (χ1n) is 28.2. The molecule has 1 heterocycles. The van der Waals surface area contributed by atoms with E-state index in [9.17, 15) is 28.8 Å². The van der Waals surface area contributed by atoms with Gasteiger partial charge in [0.1, 0.15) is 34.7 Å². The van der Waals surface area contributed by atoms with Crippen LogP contribution in [0.3, 0.4) is 0 Å². The summed E-state index contributed by atoms with van der Waals surface area (Å²) in [5.74, 6) is -1.16. The van der Waals surface area contributed by atoms with Gasteiger partial charge in [0.25, 0.3) is 0 Å². The van der Waals surface area contributed by atoms with Crippen LogP contribution in [0.15, 0.2) is 123 Å². The zero-order chi connectivity index (χ0) is 56.3. The maximum atomic E-state index is 13.8. The molecule has 0 unspecified atom stereocenters. The Balaban J connectivity index is 0.817. The summed E-state index contributed by atoms with van der Waals surface area (Å²) < 4.78 is 45.4. The standard InChI is InChI=1S/C64H74N2O14/c1-3-57(67)75-42-14-7-5-12-40-73-50-28-18-45(19-29-50)22-38-59(69)77-52-32-24-48(25-33-52)63(71)79-55-36-37-56(62-61(55)65-44-54(66-62)47-16-10-9-11-17-47)80-64(72)49-26-34-53(35-27-49)78-60(70)39-23-46-20-30-51(31-21-46)74-41-13-6-8-15-43-76-58(68)4-2/h3-4,9-11,16-21,28-31,36-37,44,48-49,52-53H,1-2,5-8,12-15,22-27,32-35,38-43H2. The summed E-state index contributed by atoms with van der Waals surface area (Å²) in [6.45, 7) is 8.73. The van der Waals surface area contributed by atoms with Crippen molar-refractivity contribution in [1.29, 1.82) is 0 Å². The summed E-state index contributed by atoms with van der Waals surface area (Å²) in [6.07, 6.45) is 16.1. The van der Waals surface area contributed by atoms with Gasteiger partial charge in [-0.1, -0.05) is 67.8 Å². The van der Waals surface area contributed by atoms with Crippen molar-refractivity contribution in [1.82, 2.24) is 9.97 Å². The first-order valence-corrected chi connectivity index (χ1v) is 28.2. The number of rotatable bonds is 31. The van der Waals surface area contributed by atoms with Crippen molar-refractivity contribution in [3.63, 3.8) is 0 Å². The van der Waals surface area contributed by atoms with Crippen molar-refractivity contribution in [2.45, 2.75) is 141 Å². The average Bonchev–Trinajstić information content (AvgIpc) is 3.49.